The first kappa shape index (κ1) is 31.9. The van der Waals surface area contributed by atoms with Gasteiger partial charge in [0, 0.05) is 49.6 Å². The standard InChI is InChI=1S/C52H34N4/c1-4-16-35(17-5-1)38-22-14-24-40(30-38)55-48-28-12-10-26-42(48)44-33-51-45(32-50(44)55)43-27-11-13-29-49(43)56(51)41-25-15-23-39(31-41)52-53-46(36-18-6-2-7-19-36)34-47(54-52)37-20-8-3-9-21-37/h1-34H. The second-order valence-corrected chi connectivity index (χ2v) is 14.3. The number of aromatic nitrogens is 4. The van der Waals surface area contributed by atoms with Gasteiger partial charge in [-0.05, 0) is 65.7 Å². The lowest BCUT2D eigenvalue weighted by Gasteiger charge is -2.12. The van der Waals surface area contributed by atoms with Crippen molar-refractivity contribution in [3.05, 3.63) is 206 Å². The Hall–Kier alpha value is -7.56. The summed E-state index contributed by atoms with van der Waals surface area (Å²) in [5.41, 5.74) is 14.1. The Morgan fingerprint density at radius 3 is 1.20 bits per heavy atom. The third kappa shape index (κ3) is 5.31. The second-order valence-electron chi connectivity index (χ2n) is 14.3. The number of hydrogen-bond acceptors (Lipinski definition) is 2. The first-order valence-corrected chi connectivity index (χ1v) is 19.0. The van der Waals surface area contributed by atoms with Gasteiger partial charge < -0.3 is 9.13 Å². The summed E-state index contributed by atoms with van der Waals surface area (Å²) in [6.07, 6.45) is 0. The normalized spacial score (nSPS) is 11.6. The van der Waals surface area contributed by atoms with Crippen molar-refractivity contribution in [3.8, 4) is 56.4 Å². The van der Waals surface area contributed by atoms with E-state index in [1.165, 1.54) is 43.7 Å². The van der Waals surface area contributed by atoms with Crippen molar-refractivity contribution in [1.29, 1.82) is 0 Å². The predicted molar refractivity (Wildman–Crippen MR) is 232 cm³/mol. The summed E-state index contributed by atoms with van der Waals surface area (Å²) in [7, 11) is 0. The first-order valence-electron chi connectivity index (χ1n) is 19.0. The molecule has 0 N–H and O–H groups in total. The highest BCUT2D eigenvalue weighted by molar-refractivity contribution is 6.19. The molecular formula is C52H34N4. The van der Waals surface area contributed by atoms with E-state index < -0.39 is 0 Å². The molecule has 0 aliphatic carbocycles. The summed E-state index contributed by atoms with van der Waals surface area (Å²) in [6, 6.07) is 73.2. The second kappa shape index (κ2) is 13.1. The molecule has 11 rings (SSSR count). The SMILES string of the molecule is c1ccc(-c2cccc(-n3c4ccccc4c4cc5c(cc43)c3ccccc3n5-c3cccc(-c4nc(-c5ccccc5)cc(-c5ccccc5)n4)c3)c2)cc1. The fourth-order valence-corrected chi connectivity index (χ4v) is 8.32. The zero-order chi connectivity index (χ0) is 37.0. The Bertz CT molecular complexity index is 3170. The number of para-hydroxylation sites is 2. The van der Waals surface area contributed by atoms with E-state index in [1.807, 2.05) is 12.1 Å². The highest BCUT2D eigenvalue weighted by Gasteiger charge is 2.19. The summed E-state index contributed by atoms with van der Waals surface area (Å²) in [5.74, 6) is 0.691. The molecule has 0 amide bonds. The molecule has 0 saturated heterocycles. The van der Waals surface area contributed by atoms with Gasteiger partial charge in [-0.3, -0.25) is 0 Å². The van der Waals surface area contributed by atoms with Crippen molar-refractivity contribution in [2.75, 3.05) is 0 Å². The van der Waals surface area contributed by atoms with Crippen LogP contribution in [0.1, 0.15) is 0 Å². The van der Waals surface area contributed by atoms with Crippen LogP contribution in [-0.2, 0) is 0 Å². The zero-order valence-corrected chi connectivity index (χ0v) is 30.4. The van der Waals surface area contributed by atoms with Gasteiger partial charge in [-0.15, -0.1) is 0 Å². The smallest absolute Gasteiger partial charge is 0.160 e. The fourth-order valence-electron chi connectivity index (χ4n) is 8.32. The lowest BCUT2D eigenvalue weighted by Crippen LogP contribution is -1.98. The fraction of sp³-hybridized carbons (Fsp3) is 0. The molecule has 0 aliphatic heterocycles. The highest BCUT2D eigenvalue weighted by Crippen LogP contribution is 2.40. The van der Waals surface area contributed by atoms with Crippen molar-refractivity contribution in [2.45, 2.75) is 0 Å². The molecule has 0 fully saturated rings. The minimum atomic E-state index is 0.691. The van der Waals surface area contributed by atoms with Crippen LogP contribution in [-0.4, -0.2) is 19.1 Å². The maximum atomic E-state index is 5.16. The Labute approximate surface area is 324 Å². The predicted octanol–water partition coefficient (Wildman–Crippen LogP) is 13.3. The monoisotopic (exact) mass is 714 g/mol. The zero-order valence-electron chi connectivity index (χ0n) is 30.4. The van der Waals surface area contributed by atoms with Crippen LogP contribution in [0.25, 0.3) is 100 Å². The van der Waals surface area contributed by atoms with Gasteiger partial charge in [0.2, 0.25) is 0 Å². The van der Waals surface area contributed by atoms with Crippen molar-refractivity contribution in [2.24, 2.45) is 0 Å². The summed E-state index contributed by atoms with van der Waals surface area (Å²) < 4.78 is 4.82. The average molecular weight is 715 g/mol. The summed E-state index contributed by atoms with van der Waals surface area (Å²) in [6.45, 7) is 0. The summed E-state index contributed by atoms with van der Waals surface area (Å²) in [4.78, 5) is 10.3. The molecule has 0 spiro atoms. The van der Waals surface area contributed by atoms with Crippen LogP contribution in [0.3, 0.4) is 0 Å². The van der Waals surface area contributed by atoms with E-state index in [9.17, 15) is 0 Å². The van der Waals surface area contributed by atoms with Crippen molar-refractivity contribution >= 4 is 43.6 Å². The van der Waals surface area contributed by atoms with Crippen molar-refractivity contribution in [3.63, 3.8) is 0 Å². The third-order valence-electron chi connectivity index (χ3n) is 10.9. The molecule has 4 heteroatoms. The van der Waals surface area contributed by atoms with E-state index in [-0.39, 0.29) is 0 Å². The van der Waals surface area contributed by atoms with E-state index in [0.29, 0.717) is 5.82 Å². The van der Waals surface area contributed by atoms with Gasteiger partial charge >= 0.3 is 0 Å². The van der Waals surface area contributed by atoms with Gasteiger partial charge in [-0.2, -0.15) is 0 Å². The molecule has 3 heterocycles. The highest BCUT2D eigenvalue weighted by atomic mass is 15.0. The summed E-state index contributed by atoms with van der Waals surface area (Å²) >= 11 is 0. The van der Waals surface area contributed by atoms with Crippen LogP contribution in [0.5, 0.6) is 0 Å². The molecule has 3 aromatic heterocycles. The van der Waals surface area contributed by atoms with E-state index in [4.69, 9.17) is 9.97 Å². The largest absolute Gasteiger partial charge is 0.309 e. The maximum Gasteiger partial charge on any atom is 0.160 e. The Morgan fingerprint density at radius 2 is 0.679 bits per heavy atom. The summed E-state index contributed by atoms with van der Waals surface area (Å²) in [5, 5.41) is 4.85. The van der Waals surface area contributed by atoms with Crippen LogP contribution in [0.15, 0.2) is 206 Å². The molecule has 0 unspecified atom stereocenters. The minimum absolute atomic E-state index is 0.691. The van der Waals surface area contributed by atoms with E-state index in [0.717, 1.165) is 50.5 Å². The number of benzene rings is 8. The average Bonchev–Trinajstić information content (AvgIpc) is 3.78. The molecule has 0 saturated carbocycles. The van der Waals surface area contributed by atoms with Gasteiger partial charge in [-0.1, -0.05) is 152 Å². The minimum Gasteiger partial charge on any atom is -0.309 e. The van der Waals surface area contributed by atoms with E-state index in [1.54, 1.807) is 0 Å². The molecule has 262 valence electrons. The number of nitrogens with zero attached hydrogens (tertiary/aromatic N) is 4. The molecule has 0 atom stereocenters. The van der Waals surface area contributed by atoms with Gasteiger partial charge in [0.15, 0.2) is 5.82 Å². The van der Waals surface area contributed by atoms with Crippen LogP contribution < -0.4 is 0 Å². The molecule has 0 bridgehead atoms. The molecule has 4 nitrogen and oxygen atoms in total. The lowest BCUT2D eigenvalue weighted by atomic mass is 10.1. The molecule has 56 heavy (non-hydrogen) atoms. The Morgan fingerprint density at radius 1 is 0.268 bits per heavy atom. The molecule has 8 aromatic carbocycles. The van der Waals surface area contributed by atoms with E-state index >= 15 is 0 Å². The molecule has 0 aliphatic rings. The number of rotatable bonds is 6. The quantitative estimate of drug-likeness (QED) is 0.172. The van der Waals surface area contributed by atoms with Crippen molar-refractivity contribution < 1.29 is 0 Å². The van der Waals surface area contributed by atoms with Crippen LogP contribution in [0.2, 0.25) is 0 Å². The Kier molecular flexibility index (Phi) is 7.46. The topological polar surface area (TPSA) is 35.6 Å². The van der Waals surface area contributed by atoms with Gasteiger partial charge in [0.05, 0.1) is 33.5 Å². The van der Waals surface area contributed by atoms with E-state index in [2.05, 4.69) is 203 Å². The lowest BCUT2D eigenvalue weighted by molar-refractivity contribution is 1.16. The first-order chi connectivity index (χ1) is 27.8. The molecular weight excluding hydrogens is 681 g/mol. The third-order valence-corrected chi connectivity index (χ3v) is 10.9. The van der Waals surface area contributed by atoms with Crippen molar-refractivity contribution in [1.82, 2.24) is 19.1 Å². The van der Waals surface area contributed by atoms with Crippen LogP contribution >= 0.6 is 0 Å². The van der Waals surface area contributed by atoms with Crippen LogP contribution in [0, 0.1) is 0 Å². The molecule has 11 aromatic rings. The maximum absolute atomic E-state index is 5.16. The number of fused-ring (bicyclic) bond motifs is 6. The Balaban J connectivity index is 1.12. The van der Waals surface area contributed by atoms with Gasteiger partial charge in [0.25, 0.3) is 0 Å². The van der Waals surface area contributed by atoms with Gasteiger partial charge in [-0.25, -0.2) is 9.97 Å². The number of hydrogen-bond donors (Lipinski definition) is 0. The van der Waals surface area contributed by atoms with Crippen LogP contribution in [0.4, 0.5) is 0 Å². The van der Waals surface area contributed by atoms with Gasteiger partial charge in [0.1, 0.15) is 0 Å². The molecule has 0 radical (unpaired) electrons.